The molecule has 0 aromatic heterocycles. The van der Waals surface area contributed by atoms with Crippen molar-refractivity contribution in [2.75, 3.05) is 6.61 Å². The van der Waals surface area contributed by atoms with E-state index in [1.807, 2.05) is 0 Å². The molecule has 0 bridgehead atoms. The fourth-order valence-corrected chi connectivity index (χ4v) is 3.72. The molecule has 4 heteroatoms. The molecule has 1 saturated carbocycles. The monoisotopic (exact) mass is 336 g/mol. The maximum Gasteiger partial charge on any atom is 0.127 e. The SMILES string of the molecule is NC(=NCc1cc(Br)cc2c1OCC2)C1CCCCC1. The van der Waals surface area contributed by atoms with Gasteiger partial charge in [0.15, 0.2) is 0 Å². The van der Waals surface area contributed by atoms with Gasteiger partial charge in [-0.1, -0.05) is 35.2 Å². The Morgan fingerprint density at radius 2 is 2.10 bits per heavy atom. The quantitative estimate of drug-likeness (QED) is 0.673. The molecule has 0 amide bonds. The summed E-state index contributed by atoms with van der Waals surface area (Å²) in [6.45, 7) is 1.41. The largest absolute Gasteiger partial charge is 0.493 e. The predicted molar refractivity (Wildman–Crippen MR) is 85.2 cm³/mol. The molecular weight excluding hydrogens is 316 g/mol. The van der Waals surface area contributed by atoms with Crippen LogP contribution in [0.5, 0.6) is 5.75 Å². The van der Waals surface area contributed by atoms with E-state index in [4.69, 9.17) is 10.5 Å². The van der Waals surface area contributed by atoms with Gasteiger partial charge in [0.05, 0.1) is 19.0 Å². The molecule has 20 heavy (non-hydrogen) atoms. The second-order valence-electron chi connectivity index (χ2n) is 5.73. The number of nitrogens with two attached hydrogens (primary N) is 1. The minimum absolute atomic E-state index is 0.491. The molecule has 108 valence electrons. The van der Waals surface area contributed by atoms with Gasteiger partial charge in [-0.25, -0.2) is 0 Å². The van der Waals surface area contributed by atoms with Gasteiger partial charge in [0.1, 0.15) is 5.75 Å². The second kappa shape index (κ2) is 6.17. The number of aliphatic imine (C=N–C) groups is 1. The van der Waals surface area contributed by atoms with E-state index in [1.54, 1.807) is 0 Å². The van der Waals surface area contributed by atoms with Crippen LogP contribution in [-0.4, -0.2) is 12.4 Å². The van der Waals surface area contributed by atoms with Crippen molar-refractivity contribution in [2.24, 2.45) is 16.6 Å². The summed E-state index contributed by atoms with van der Waals surface area (Å²) in [5.41, 5.74) is 8.60. The highest BCUT2D eigenvalue weighted by molar-refractivity contribution is 9.10. The lowest BCUT2D eigenvalue weighted by molar-refractivity contribution is 0.353. The number of halogens is 1. The van der Waals surface area contributed by atoms with Crippen LogP contribution < -0.4 is 10.5 Å². The van der Waals surface area contributed by atoms with E-state index in [9.17, 15) is 0 Å². The van der Waals surface area contributed by atoms with Crippen molar-refractivity contribution in [1.29, 1.82) is 0 Å². The number of rotatable bonds is 3. The number of hydrogen-bond acceptors (Lipinski definition) is 2. The number of ether oxygens (including phenoxy) is 1. The van der Waals surface area contributed by atoms with Crippen LogP contribution in [0.25, 0.3) is 0 Å². The van der Waals surface area contributed by atoms with Crippen LogP contribution >= 0.6 is 15.9 Å². The Morgan fingerprint density at radius 3 is 2.90 bits per heavy atom. The molecule has 0 unspecified atom stereocenters. The lowest BCUT2D eigenvalue weighted by Gasteiger charge is -2.21. The Balaban J connectivity index is 1.74. The van der Waals surface area contributed by atoms with Crippen LogP contribution in [0.2, 0.25) is 0 Å². The molecule has 1 aliphatic carbocycles. The fourth-order valence-electron chi connectivity index (χ4n) is 3.17. The first-order valence-electron chi connectivity index (χ1n) is 7.48. The third kappa shape index (κ3) is 3.00. The lowest BCUT2D eigenvalue weighted by atomic mass is 9.88. The summed E-state index contributed by atoms with van der Waals surface area (Å²) in [6, 6.07) is 4.24. The first kappa shape index (κ1) is 13.9. The third-order valence-corrected chi connectivity index (χ3v) is 4.74. The van der Waals surface area contributed by atoms with Gasteiger partial charge in [0.25, 0.3) is 0 Å². The Labute approximate surface area is 128 Å². The molecule has 2 aliphatic rings. The Bertz CT molecular complexity index is 521. The smallest absolute Gasteiger partial charge is 0.127 e. The zero-order chi connectivity index (χ0) is 13.9. The number of amidine groups is 1. The van der Waals surface area contributed by atoms with Crippen molar-refractivity contribution >= 4 is 21.8 Å². The molecular formula is C16H21BrN2O. The fraction of sp³-hybridized carbons (Fsp3) is 0.562. The van der Waals surface area contributed by atoms with Crippen LogP contribution in [0.1, 0.15) is 43.2 Å². The van der Waals surface area contributed by atoms with Crippen LogP contribution in [0.4, 0.5) is 0 Å². The van der Waals surface area contributed by atoms with Crippen molar-refractivity contribution in [3.05, 3.63) is 27.7 Å². The Kier molecular flexibility index (Phi) is 4.29. The third-order valence-electron chi connectivity index (χ3n) is 4.28. The van der Waals surface area contributed by atoms with Gasteiger partial charge in [0.2, 0.25) is 0 Å². The summed E-state index contributed by atoms with van der Waals surface area (Å²) in [7, 11) is 0. The molecule has 2 N–H and O–H groups in total. The van der Waals surface area contributed by atoms with Gasteiger partial charge in [-0.15, -0.1) is 0 Å². The van der Waals surface area contributed by atoms with E-state index in [0.29, 0.717) is 12.5 Å². The molecule has 3 nitrogen and oxygen atoms in total. The normalized spacial score (nSPS) is 19.8. The highest BCUT2D eigenvalue weighted by atomic mass is 79.9. The molecule has 0 spiro atoms. The molecule has 1 heterocycles. The van der Waals surface area contributed by atoms with Crippen molar-refractivity contribution in [1.82, 2.24) is 0 Å². The van der Waals surface area contributed by atoms with Crippen LogP contribution in [0.3, 0.4) is 0 Å². The number of nitrogens with zero attached hydrogens (tertiary/aromatic N) is 1. The van der Waals surface area contributed by atoms with Crippen molar-refractivity contribution in [3.63, 3.8) is 0 Å². The minimum atomic E-state index is 0.491. The van der Waals surface area contributed by atoms with Crippen molar-refractivity contribution in [2.45, 2.75) is 45.1 Å². The number of hydrogen-bond donors (Lipinski definition) is 1. The maximum absolute atomic E-state index is 6.18. The van der Waals surface area contributed by atoms with E-state index < -0.39 is 0 Å². The first-order valence-corrected chi connectivity index (χ1v) is 8.27. The van der Waals surface area contributed by atoms with E-state index >= 15 is 0 Å². The summed E-state index contributed by atoms with van der Waals surface area (Å²) in [5.74, 6) is 2.34. The second-order valence-corrected chi connectivity index (χ2v) is 6.64. The number of benzene rings is 1. The number of fused-ring (bicyclic) bond motifs is 1. The standard InChI is InChI=1S/C16H21BrN2O/c17-14-8-12-6-7-20-15(12)13(9-14)10-19-16(18)11-4-2-1-3-5-11/h8-9,11H,1-7,10H2,(H2,18,19). The summed E-state index contributed by atoms with van der Waals surface area (Å²) in [6.07, 6.45) is 7.30. The molecule has 3 rings (SSSR count). The van der Waals surface area contributed by atoms with E-state index in [1.165, 1.54) is 37.7 Å². The summed E-state index contributed by atoms with van der Waals surface area (Å²) < 4.78 is 6.83. The van der Waals surface area contributed by atoms with E-state index in [-0.39, 0.29) is 0 Å². The maximum atomic E-state index is 6.18. The molecule has 0 radical (unpaired) electrons. The highest BCUT2D eigenvalue weighted by Gasteiger charge is 2.19. The minimum Gasteiger partial charge on any atom is -0.493 e. The van der Waals surface area contributed by atoms with Crippen LogP contribution in [-0.2, 0) is 13.0 Å². The molecule has 0 atom stereocenters. The van der Waals surface area contributed by atoms with Crippen molar-refractivity contribution in [3.8, 4) is 5.75 Å². The van der Waals surface area contributed by atoms with Gasteiger partial charge < -0.3 is 10.5 Å². The Hall–Kier alpha value is -1.03. The van der Waals surface area contributed by atoms with E-state index in [2.05, 4.69) is 33.1 Å². The molecule has 1 aliphatic heterocycles. The molecule has 0 saturated heterocycles. The average molecular weight is 337 g/mol. The van der Waals surface area contributed by atoms with Crippen molar-refractivity contribution < 1.29 is 4.74 Å². The Morgan fingerprint density at radius 1 is 1.30 bits per heavy atom. The first-order chi connectivity index (χ1) is 9.74. The van der Waals surface area contributed by atoms with Gasteiger partial charge in [-0.2, -0.15) is 0 Å². The van der Waals surface area contributed by atoms with Gasteiger partial charge in [-0.05, 0) is 30.5 Å². The zero-order valence-electron chi connectivity index (χ0n) is 11.7. The van der Waals surface area contributed by atoms with Gasteiger partial charge in [0, 0.05) is 22.4 Å². The molecule has 1 fully saturated rings. The molecule has 1 aromatic rings. The van der Waals surface area contributed by atoms with Crippen LogP contribution in [0.15, 0.2) is 21.6 Å². The zero-order valence-corrected chi connectivity index (χ0v) is 13.3. The summed E-state index contributed by atoms with van der Waals surface area (Å²) >= 11 is 3.56. The highest BCUT2D eigenvalue weighted by Crippen LogP contribution is 2.33. The van der Waals surface area contributed by atoms with E-state index in [0.717, 1.165) is 34.6 Å². The topological polar surface area (TPSA) is 47.6 Å². The van der Waals surface area contributed by atoms with Crippen LogP contribution in [0, 0.1) is 5.92 Å². The van der Waals surface area contributed by atoms with Gasteiger partial charge >= 0.3 is 0 Å². The molecule has 1 aromatic carbocycles. The summed E-state index contributed by atoms with van der Waals surface area (Å²) in [5, 5.41) is 0. The lowest BCUT2D eigenvalue weighted by Crippen LogP contribution is -2.25. The average Bonchev–Trinajstić information content (AvgIpc) is 2.93. The van der Waals surface area contributed by atoms with Gasteiger partial charge in [-0.3, -0.25) is 4.99 Å². The predicted octanol–water partition coefficient (Wildman–Crippen LogP) is 3.82. The summed E-state index contributed by atoms with van der Waals surface area (Å²) in [4.78, 5) is 4.63.